The highest BCUT2D eigenvalue weighted by molar-refractivity contribution is 8.26. The van der Waals surface area contributed by atoms with Crippen LogP contribution in [-0.2, 0) is 4.79 Å². The smallest absolute Gasteiger partial charge is 0.267 e. The Morgan fingerprint density at radius 2 is 1.89 bits per heavy atom. The van der Waals surface area contributed by atoms with Crippen molar-refractivity contribution in [3.63, 3.8) is 0 Å². The molecule has 100 valence electrons. The molecule has 0 aliphatic carbocycles. The van der Waals surface area contributed by atoms with E-state index in [1.165, 1.54) is 11.8 Å². The normalized spacial score (nSPS) is 17.8. The van der Waals surface area contributed by atoms with Crippen molar-refractivity contribution in [2.75, 3.05) is 13.1 Å². The number of nitrogens with zero attached hydrogens (tertiary/aromatic N) is 2. The van der Waals surface area contributed by atoms with Crippen molar-refractivity contribution in [2.24, 2.45) is 0 Å². The van der Waals surface area contributed by atoms with Gasteiger partial charge in [-0.2, -0.15) is 0 Å². The average Bonchev–Trinajstić information content (AvgIpc) is 2.69. The van der Waals surface area contributed by atoms with Crippen molar-refractivity contribution in [1.82, 2.24) is 10.0 Å². The van der Waals surface area contributed by atoms with Gasteiger partial charge in [-0.25, -0.2) is 10.0 Å². The second-order valence-corrected chi connectivity index (χ2v) is 5.72. The van der Waals surface area contributed by atoms with Crippen LogP contribution in [-0.4, -0.2) is 33.3 Å². The minimum absolute atomic E-state index is 0.0254. The number of thioether (sulfide) groups is 1. The molecule has 1 aliphatic rings. The van der Waals surface area contributed by atoms with Gasteiger partial charge in [0.15, 0.2) is 4.32 Å². The Labute approximate surface area is 123 Å². The molecule has 1 heterocycles. The third-order valence-corrected chi connectivity index (χ3v) is 4.17. The molecule has 1 fully saturated rings. The van der Waals surface area contributed by atoms with Gasteiger partial charge in [0.05, 0.1) is 4.91 Å². The summed E-state index contributed by atoms with van der Waals surface area (Å²) in [6.07, 6.45) is 1.89. The lowest BCUT2D eigenvalue weighted by Gasteiger charge is -2.27. The Hall–Kier alpha value is -1.17. The molecule has 19 heavy (non-hydrogen) atoms. The number of rotatable bonds is 4. The van der Waals surface area contributed by atoms with E-state index in [1.807, 2.05) is 55.3 Å². The quantitative estimate of drug-likeness (QED) is 0.628. The van der Waals surface area contributed by atoms with E-state index < -0.39 is 0 Å². The van der Waals surface area contributed by atoms with Crippen LogP contribution < -0.4 is 0 Å². The molecule has 5 heteroatoms. The van der Waals surface area contributed by atoms with Crippen molar-refractivity contribution in [3.8, 4) is 0 Å². The summed E-state index contributed by atoms with van der Waals surface area (Å²) in [6, 6.07) is 9.82. The molecule has 1 amide bonds. The van der Waals surface area contributed by atoms with Crippen LogP contribution in [0.4, 0.5) is 0 Å². The van der Waals surface area contributed by atoms with Crippen LogP contribution in [0.5, 0.6) is 0 Å². The summed E-state index contributed by atoms with van der Waals surface area (Å²) < 4.78 is 0.607. The van der Waals surface area contributed by atoms with Gasteiger partial charge in [0.1, 0.15) is 0 Å². The summed E-state index contributed by atoms with van der Waals surface area (Å²) in [6.45, 7) is 5.56. The number of hydrogen-bond donors (Lipinski definition) is 0. The molecule has 0 N–H and O–H groups in total. The summed E-state index contributed by atoms with van der Waals surface area (Å²) in [5.41, 5.74) is 1.02. The molecule has 2 rings (SSSR count). The lowest BCUT2D eigenvalue weighted by Crippen LogP contribution is -2.45. The zero-order valence-electron chi connectivity index (χ0n) is 11.0. The van der Waals surface area contributed by atoms with E-state index in [-0.39, 0.29) is 5.91 Å². The number of carbonyl (C=O) groups is 1. The maximum absolute atomic E-state index is 12.4. The Morgan fingerprint density at radius 1 is 1.26 bits per heavy atom. The van der Waals surface area contributed by atoms with E-state index in [1.54, 1.807) is 5.01 Å². The fourth-order valence-electron chi connectivity index (χ4n) is 1.91. The standard InChI is InChI=1S/C14H16N2OS2/c1-3-15(4-2)16-13(17)12(19-14(16)18)10-11-8-6-5-7-9-11/h5-10H,3-4H2,1-2H3. The van der Waals surface area contributed by atoms with Crippen molar-refractivity contribution in [3.05, 3.63) is 40.8 Å². The first-order chi connectivity index (χ1) is 9.17. The molecule has 1 saturated heterocycles. The van der Waals surface area contributed by atoms with E-state index in [0.29, 0.717) is 9.23 Å². The highest BCUT2D eigenvalue weighted by atomic mass is 32.2. The first kappa shape index (κ1) is 14.2. The van der Waals surface area contributed by atoms with E-state index in [2.05, 4.69) is 0 Å². The van der Waals surface area contributed by atoms with Gasteiger partial charge in [-0.15, -0.1) is 0 Å². The monoisotopic (exact) mass is 292 g/mol. The van der Waals surface area contributed by atoms with E-state index in [9.17, 15) is 4.79 Å². The third-order valence-electron chi connectivity index (χ3n) is 2.88. The minimum Gasteiger partial charge on any atom is -0.267 e. The molecule has 0 unspecified atom stereocenters. The Balaban J connectivity index is 2.25. The number of hydrogen-bond acceptors (Lipinski definition) is 4. The molecule has 0 bridgehead atoms. The molecule has 0 spiro atoms. The van der Waals surface area contributed by atoms with Crippen LogP contribution in [0.1, 0.15) is 19.4 Å². The highest BCUT2D eigenvalue weighted by Gasteiger charge is 2.35. The van der Waals surface area contributed by atoms with E-state index >= 15 is 0 Å². The van der Waals surface area contributed by atoms with Crippen LogP contribution in [0.15, 0.2) is 35.2 Å². The van der Waals surface area contributed by atoms with Gasteiger partial charge in [-0.05, 0) is 11.6 Å². The molecule has 1 aromatic carbocycles. The molecule has 0 radical (unpaired) electrons. The fourth-order valence-corrected chi connectivity index (χ4v) is 3.22. The summed E-state index contributed by atoms with van der Waals surface area (Å²) in [4.78, 5) is 13.1. The second kappa shape index (κ2) is 6.32. The predicted octanol–water partition coefficient (Wildman–Crippen LogP) is 3.14. The van der Waals surface area contributed by atoms with Gasteiger partial charge >= 0.3 is 0 Å². The van der Waals surface area contributed by atoms with E-state index in [4.69, 9.17) is 12.2 Å². The zero-order chi connectivity index (χ0) is 13.8. The zero-order valence-corrected chi connectivity index (χ0v) is 12.6. The summed E-state index contributed by atoms with van der Waals surface area (Å²) in [7, 11) is 0. The Kier molecular flexibility index (Phi) is 4.74. The summed E-state index contributed by atoms with van der Waals surface area (Å²) in [5.74, 6) is -0.0254. The molecule has 0 atom stereocenters. The SMILES string of the molecule is CCN(CC)N1C(=O)C(=Cc2ccccc2)SC1=S. The molecule has 1 aromatic rings. The molecular formula is C14H16N2OS2. The summed E-state index contributed by atoms with van der Waals surface area (Å²) >= 11 is 6.67. The van der Waals surface area contributed by atoms with Gasteiger partial charge in [0.25, 0.3) is 5.91 Å². The molecule has 1 aliphatic heterocycles. The first-order valence-corrected chi connectivity index (χ1v) is 7.47. The largest absolute Gasteiger partial charge is 0.280 e. The Morgan fingerprint density at radius 3 is 2.47 bits per heavy atom. The molecule has 0 saturated carbocycles. The Bertz CT molecular complexity index is 509. The fraction of sp³-hybridized carbons (Fsp3) is 0.286. The number of carbonyl (C=O) groups excluding carboxylic acids is 1. The lowest BCUT2D eigenvalue weighted by atomic mass is 10.2. The van der Waals surface area contributed by atoms with Gasteiger partial charge in [-0.1, -0.05) is 68.2 Å². The topological polar surface area (TPSA) is 23.6 Å². The lowest BCUT2D eigenvalue weighted by molar-refractivity contribution is -0.132. The molecule has 3 nitrogen and oxygen atoms in total. The maximum atomic E-state index is 12.4. The van der Waals surface area contributed by atoms with Crippen LogP contribution in [0, 0.1) is 0 Å². The van der Waals surface area contributed by atoms with Gasteiger partial charge in [0, 0.05) is 13.1 Å². The number of amides is 1. The number of hydrazine groups is 1. The first-order valence-electron chi connectivity index (χ1n) is 6.25. The highest BCUT2D eigenvalue weighted by Crippen LogP contribution is 2.33. The third kappa shape index (κ3) is 3.05. The predicted molar refractivity (Wildman–Crippen MR) is 84.4 cm³/mol. The van der Waals surface area contributed by atoms with Gasteiger partial charge in [0.2, 0.25) is 0 Å². The number of benzene rings is 1. The second-order valence-electron chi connectivity index (χ2n) is 4.04. The van der Waals surface area contributed by atoms with Gasteiger partial charge < -0.3 is 0 Å². The maximum Gasteiger partial charge on any atom is 0.280 e. The average molecular weight is 292 g/mol. The van der Waals surface area contributed by atoms with Crippen LogP contribution in [0.25, 0.3) is 6.08 Å². The van der Waals surface area contributed by atoms with Crippen molar-refractivity contribution in [2.45, 2.75) is 13.8 Å². The van der Waals surface area contributed by atoms with Crippen LogP contribution in [0.3, 0.4) is 0 Å². The van der Waals surface area contributed by atoms with Gasteiger partial charge in [-0.3, -0.25) is 4.79 Å². The molecular weight excluding hydrogens is 276 g/mol. The van der Waals surface area contributed by atoms with Crippen molar-refractivity contribution < 1.29 is 4.79 Å². The minimum atomic E-state index is -0.0254. The van der Waals surface area contributed by atoms with Crippen LogP contribution >= 0.6 is 24.0 Å². The van der Waals surface area contributed by atoms with Crippen LogP contribution in [0.2, 0.25) is 0 Å². The molecule has 0 aromatic heterocycles. The van der Waals surface area contributed by atoms with Crippen molar-refractivity contribution >= 4 is 40.3 Å². The van der Waals surface area contributed by atoms with Crippen molar-refractivity contribution in [1.29, 1.82) is 0 Å². The number of thiocarbonyl (C=S) groups is 1. The summed E-state index contributed by atoms with van der Waals surface area (Å²) in [5, 5.41) is 3.55. The van der Waals surface area contributed by atoms with E-state index in [0.717, 1.165) is 18.7 Å².